The summed E-state index contributed by atoms with van der Waals surface area (Å²) in [4.78, 5) is 17.0. The molecule has 0 saturated carbocycles. The molecule has 1 aliphatic rings. The molecule has 3 N–H and O–H groups in total. The van der Waals surface area contributed by atoms with Crippen molar-refractivity contribution in [1.29, 1.82) is 0 Å². The van der Waals surface area contributed by atoms with Crippen molar-refractivity contribution in [3.05, 3.63) is 95.7 Å². The van der Waals surface area contributed by atoms with Crippen LogP contribution < -0.4 is 16.0 Å². The molecule has 4 aromatic rings. The molecule has 7 nitrogen and oxygen atoms in total. The van der Waals surface area contributed by atoms with Gasteiger partial charge in [0.2, 0.25) is 5.91 Å². The lowest BCUT2D eigenvalue weighted by atomic mass is 10.0. The van der Waals surface area contributed by atoms with Gasteiger partial charge in [0, 0.05) is 55.6 Å². The second-order valence-corrected chi connectivity index (χ2v) is 8.89. The quantitative estimate of drug-likeness (QED) is 0.434. The van der Waals surface area contributed by atoms with Gasteiger partial charge in [0.25, 0.3) is 0 Å². The Hall–Kier alpha value is -3.81. The molecule has 0 spiro atoms. The molecule has 1 fully saturated rings. The van der Waals surface area contributed by atoms with Gasteiger partial charge < -0.3 is 16.0 Å². The molecule has 5 rings (SSSR count). The zero-order chi connectivity index (χ0) is 24.0. The van der Waals surface area contributed by atoms with Gasteiger partial charge in [0.05, 0.1) is 12.2 Å². The zero-order valence-electron chi connectivity index (χ0n) is 19.7. The van der Waals surface area contributed by atoms with Crippen molar-refractivity contribution in [2.45, 2.75) is 13.0 Å². The fourth-order valence-corrected chi connectivity index (χ4v) is 4.54. The third-order valence-electron chi connectivity index (χ3n) is 6.47. The van der Waals surface area contributed by atoms with E-state index in [1.165, 1.54) is 5.56 Å². The number of amides is 1. The minimum absolute atomic E-state index is 0.00513. The number of hydrogen-bond acceptors (Lipinski definition) is 6. The van der Waals surface area contributed by atoms with Gasteiger partial charge >= 0.3 is 0 Å². The Kier molecular flexibility index (Phi) is 6.97. The van der Waals surface area contributed by atoms with Crippen LogP contribution in [-0.4, -0.2) is 53.7 Å². The highest BCUT2D eigenvalue weighted by atomic mass is 16.2. The minimum Gasteiger partial charge on any atom is -0.352 e. The monoisotopic (exact) mass is 466 g/mol. The summed E-state index contributed by atoms with van der Waals surface area (Å²) in [6, 6.07) is 26.4. The number of aromatic nitrogens is 2. The lowest BCUT2D eigenvalue weighted by Gasteiger charge is -2.35. The standard InChI is InChI=1S/C28H30N6O/c29-19-22-10-12-23(13-11-22)30-27(35)20-33-14-16-34(17-15-33)28-25-9-5-4-8-24(25)26(31-32-28)18-21-6-2-1-3-7-21/h1-13H,14-20,29H2,(H,30,35). The van der Waals surface area contributed by atoms with Crippen molar-refractivity contribution in [1.82, 2.24) is 15.1 Å². The van der Waals surface area contributed by atoms with Crippen LogP contribution in [0.4, 0.5) is 11.5 Å². The van der Waals surface area contributed by atoms with Crippen molar-refractivity contribution >= 4 is 28.2 Å². The smallest absolute Gasteiger partial charge is 0.238 e. The first kappa shape index (κ1) is 23.0. The summed E-state index contributed by atoms with van der Waals surface area (Å²) in [5.41, 5.74) is 9.69. The molecule has 1 saturated heterocycles. The highest BCUT2D eigenvalue weighted by Gasteiger charge is 2.22. The van der Waals surface area contributed by atoms with E-state index in [9.17, 15) is 4.79 Å². The van der Waals surface area contributed by atoms with Crippen molar-refractivity contribution < 1.29 is 4.79 Å². The van der Waals surface area contributed by atoms with Crippen LogP contribution in [0.2, 0.25) is 0 Å². The minimum atomic E-state index is -0.00513. The number of carbonyl (C=O) groups excluding carboxylic acids is 1. The summed E-state index contributed by atoms with van der Waals surface area (Å²) in [7, 11) is 0. The summed E-state index contributed by atoms with van der Waals surface area (Å²) in [6.07, 6.45) is 0.756. The molecular formula is C28H30N6O. The molecule has 1 aliphatic heterocycles. The van der Waals surface area contributed by atoms with E-state index in [0.29, 0.717) is 13.1 Å². The predicted molar refractivity (Wildman–Crippen MR) is 140 cm³/mol. The van der Waals surface area contributed by atoms with E-state index in [1.807, 2.05) is 30.3 Å². The Morgan fingerprint density at radius 2 is 1.49 bits per heavy atom. The van der Waals surface area contributed by atoms with E-state index in [2.05, 4.69) is 73.8 Å². The average molecular weight is 467 g/mol. The van der Waals surface area contributed by atoms with E-state index in [4.69, 9.17) is 5.73 Å². The average Bonchev–Trinajstić information content (AvgIpc) is 2.90. The third kappa shape index (κ3) is 5.48. The van der Waals surface area contributed by atoms with Crippen LogP contribution in [0.3, 0.4) is 0 Å². The number of benzene rings is 3. The van der Waals surface area contributed by atoms with Crippen LogP contribution in [0.15, 0.2) is 78.9 Å². The van der Waals surface area contributed by atoms with Gasteiger partial charge in [-0.15, -0.1) is 5.10 Å². The van der Waals surface area contributed by atoms with Gasteiger partial charge in [0.15, 0.2) is 5.82 Å². The molecule has 0 aliphatic carbocycles. The summed E-state index contributed by atoms with van der Waals surface area (Å²) in [6.45, 7) is 4.05. The van der Waals surface area contributed by atoms with Gasteiger partial charge in [-0.3, -0.25) is 9.69 Å². The zero-order valence-corrected chi connectivity index (χ0v) is 19.7. The molecule has 0 radical (unpaired) electrons. The van der Waals surface area contributed by atoms with Crippen molar-refractivity contribution in [2.24, 2.45) is 5.73 Å². The number of anilines is 2. The van der Waals surface area contributed by atoms with Crippen molar-refractivity contribution in [2.75, 3.05) is 42.9 Å². The van der Waals surface area contributed by atoms with Crippen LogP contribution in [0.1, 0.15) is 16.8 Å². The normalized spacial score (nSPS) is 14.3. The fourth-order valence-electron chi connectivity index (χ4n) is 4.54. The number of piperazine rings is 1. The first-order valence-corrected chi connectivity index (χ1v) is 12.0. The van der Waals surface area contributed by atoms with E-state index >= 15 is 0 Å². The molecule has 1 aromatic heterocycles. The highest BCUT2D eigenvalue weighted by Crippen LogP contribution is 2.27. The van der Waals surface area contributed by atoms with Crippen LogP contribution in [0.25, 0.3) is 10.8 Å². The summed E-state index contributed by atoms with van der Waals surface area (Å²) < 4.78 is 0. The Morgan fingerprint density at radius 3 is 2.20 bits per heavy atom. The number of fused-ring (bicyclic) bond motifs is 1. The summed E-state index contributed by atoms with van der Waals surface area (Å²) in [5.74, 6) is 0.913. The number of hydrogen-bond donors (Lipinski definition) is 2. The molecule has 0 atom stereocenters. The van der Waals surface area contributed by atoms with Gasteiger partial charge in [-0.25, -0.2) is 0 Å². The molecule has 0 bridgehead atoms. The van der Waals surface area contributed by atoms with Crippen molar-refractivity contribution in [3.63, 3.8) is 0 Å². The first-order valence-electron chi connectivity index (χ1n) is 12.0. The van der Waals surface area contributed by atoms with Crippen LogP contribution in [-0.2, 0) is 17.8 Å². The van der Waals surface area contributed by atoms with E-state index in [0.717, 1.165) is 66.1 Å². The van der Waals surface area contributed by atoms with Crippen LogP contribution in [0, 0.1) is 0 Å². The van der Waals surface area contributed by atoms with Crippen LogP contribution >= 0.6 is 0 Å². The molecule has 1 amide bonds. The maximum absolute atomic E-state index is 12.5. The summed E-state index contributed by atoms with van der Waals surface area (Å²) in [5, 5.41) is 14.5. The summed E-state index contributed by atoms with van der Waals surface area (Å²) >= 11 is 0. The maximum atomic E-state index is 12.5. The van der Waals surface area contributed by atoms with Gasteiger partial charge in [-0.05, 0) is 23.3 Å². The highest BCUT2D eigenvalue weighted by molar-refractivity contribution is 5.94. The Morgan fingerprint density at radius 1 is 0.800 bits per heavy atom. The van der Waals surface area contributed by atoms with Gasteiger partial charge in [0.1, 0.15) is 0 Å². The van der Waals surface area contributed by atoms with E-state index in [1.54, 1.807) is 0 Å². The Labute approximate surface area is 205 Å². The SMILES string of the molecule is NCc1ccc(NC(=O)CN2CCN(c3nnc(Cc4ccccc4)c4ccccc34)CC2)cc1. The number of nitrogens with two attached hydrogens (primary N) is 1. The van der Waals surface area contributed by atoms with Crippen LogP contribution in [0.5, 0.6) is 0 Å². The maximum Gasteiger partial charge on any atom is 0.238 e. The number of nitrogens with zero attached hydrogens (tertiary/aromatic N) is 4. The topological polar surface area (TPSA) is 87.4 Å². The first-order chi connectivity index (χ1) is 17.2. The molecule has 7 heteroatoms. The Balaban J connectivity index is 1.22. The van der Waals surface area contributed by atoms with Gasteiger partial charge in [-0.2, -0.15) is 5.10 Å². The largest absolute Gasteiger partial charge is 0.352 e. The molecule has 35 heavy (non-hydrogen) atoms. The predicted octanol–water partition coefficient (Wildman–Crippen LogP) is 3.44. The second kappa shape index (κ2) is 10.6. The molecule has 3 aromatic carbocycles. The van der Waals surface area contributed by atoms with Gasteiger partial charge in [-0.1, -0.05) is 66.7 Å². The number of carbonyl (C=O) groups is 1. The lowest BCUT2D eigenvalue weighted by Crippen LogP contribution is -2.49. The van der Waals surface area contributed by atoms with E-state index < -0.39 is 0 Å². The molecular weight excluding hydrogens is 436 g/mol. The van der Waals surface area contributed by atoms with E-state index in [-0.39, 0.29) is 5.91 Å². The fraction of sp³-hybridized carbons (Fsp3) is 0.250. The molecule has 178 valence electrons. The number of rotatable bonds is 7. The Bertz CT molecular complexity index is 1280. The molecule has 0 unspecified atom stereocenters. The third-order valence-corrected chi connectivity index (χ3v) is 6.47. The second-order valence-electron chi connectivity index (χ2n) is 8.89. The lowest BCUT2D eigenvalue weighted by molar-refractivity contribution is -0.117. The number of nitrogens with one attached hydrogen (secondary N) is 1. The molecule has 2 heterocycles. The van der Waals surface area contributed by atoms with Crippen molar-refractivity contribution in [3.8, 4) is 0 Å².